The van der Waals surface area contributed by atoms with Gasteiger partial charge in [0.2, 0.25) is 6.79 Å². The predicted molar refractivity (Wildman–Crippen MR) is 68.2 cm³/mol. The van der Waals surface area contributed by atoms with Gasteiger partial charge in [0.15, 0.2) is 18.1 Å². The van der Waals surface area contributed by atoms with Crippen LogP contribution in [-0.2, 0) is 9.53 Å². The molecule has 0 bridgehead atoms. The first-order valence-corrected chi connectivity index (χ1v) is 6.04. The number of ether oxygens (including phenoxy) is 3. The Morgan fingerprint density at radius 3 is 2.67 bits per heavy atom. The molecule has 9 heteroatoms. The second-order valence-electron chi connectivity index (χ2n) is 4.01. The molecular formula is C12H12N2O7. The Morgan fingerprint density at radius 2 is 2.05 bits per heavy atom. The molecular weight excluding hydrogens is 284 g/mol. The van der Waals surface area contributed by atoms with E-state index in [1.165, 1.54) is 6.07 Å². The topological polar surface area (TPSA) is 117 Å². The molecule has 2 rings (SSSR count). The zero-order chi connectivity index (χ0) is 15.4. The molecule has 0 unspecified atom stereocenters. The van der Waals surface area contributed by atoms with Crippen LogP contribution in [-0.4, -0.2) is 36.7 Å². The molecule has 0 radical (unpaired) electrons. The zero-order valence-corrected chi connectivity index (χ0v) is 11.1. The minimum atomic E-state index is -0.980. The molecule has 0 atom stereocenters. The van der Waals surface area contributed by atoms with E-state index in [0.717, 1.165) is 6.07 Å². The highest BCUT2D eigenvalue weighted by Gasteiger charge is 2.28. The number of amides is 1. The lowest BCUT2D eigenvalue weighted by molar-refractivity contribution is -0.385. The molecule has 1 aliphatic heterocycles. The highest BCUT2D eigenvalue weighted by molar-refractivity contribution is 5.96. The monoisotopic (exact) mass is 296 g/mol. The van der Waals surface area contributed by atoms with Gasteiger partial charge < -0.3 is 19.5 Å². The van der Waals surface area contributed by atoms with Gasteiger partial charge in [0.1, 0.15) is 5.56 Å². The normalized spacial score (nSPS) is 11.9. The summed E-state index contributed by atoms with van der Waals surface area (Å²) >= 11 is 0. The van der Waals surface area contributed by atoms with Gasteiger partial charge in [0.25, 0.3) is 11.6 Å². The standard InChI is InChI=1S/C12H12N2O7/c1-2-13-11(15)5-19-12(16)7-3-9-10(21-6-20-9)4-8(7)14(17)18/h3-4H,2,5-6H2,1H3,(H,13,15). The lowest BCUT2D eigenvalue weighted by Gasteiger charge is -2.06. The van der Waals surface area contributed by atoms with Crippen molar-refractivity contribution < 1.29 is 28.7 Å². The zero-order valence-electron chi connectivity index (χ0n) is 11.1. The second kappa shape index (κ2) is 6.07. The number of esters is 1. The number of nitrogens with zero attached hydrogens (tertiary/aromatic N) is 1. The molecule has 112 valence electrons. The van der Waals surface area contributed by atoms with Crippen molar-refractivity contribution in [3.63, 3.8) is 0 Å². The van der Waals surface area contributed by atoms with E-state index in [4.69, 9.17) is 14.2 Å². The quantitative estimate of drug-likeness (QED) is 0.480. The molecule has 0 saturated heterocycles. The van der Waals surface area contributed by atoms with Gasteiger partial charge in [-0.25, -0.2) is 4.79 Å². The van der Waals surface area contributed by atoms with Crippen LogP contribution in [0, 0.1) is 10.1 Å². The Labute approximate surface area is 118 Å². The number of fused-ring (bicyclic) bond motifs is 1. The van der Waals surface area contributed by atoms with E-state index in [1.807, 2.05) is 0 Å². The summed E-state index contributed by atoms with van der Waals surface area (Å²) in [7, 11) is 0. The number of rotatable bonds is 5. The molecule has 1 amide bonds. The van der Waals surface area contributed by atoms with E-state index in [2.05, 4.69) is 5.32 Å². The van der Waals surface area contributed by atoms with Gasteiger partial charge in [-0.05, 0) is 6.92 Å². The van der Waals surface area contributed by atoms with Crippen molar-refractivity contribution in [2.45, 2.75) is 6.92 Å². The van der Waals surface area contributed by atoms with Crippen molar-refractivity contribution in [1.82, 2.24) is 5.32 Å². The van der Waals surface area contributed by atoms with E-state index in [-0.39, 0.29) is 23.9 Å². The fourth-order valence-corrected chi connectivity index (χ4v) is 1.70. The van der Waals surface area contributed by atoms with Crippen molar-refractivity contribution in [2.75, 3.05) is 19.9 Å². The van der Waals surface area contributed by atoms with Crippen molar-refractivity contribution in [2.24, 2.45) is 0 Å². The minimum Gasteiger partial charge on any atom is -0.454 e. The van der Waals surface area contributed by atoms with Crippen LogP contribution in [0.3, 0.4) is 0 Å². The van der Waals surface area contributed by atoms with E-state index >= 15 is 0 Å². The number of hydrogen-bond donors (Lipinski definition) is 1. The Bertz CT molecular complexity index is 600. The first kappa shape index (κ1) is 14.6. The molecule has 0 spiro atoms. The largest absolute Gasteiger partial charge is 0.454 e. The second-order valence-corrected chi connectivity index (χ2v) is 4.01. The van der Waals surface area contributed by atoms with E-state index in [9.17, 15) is 19.7 Å². The number of nitro benzene ring substituents is 1. The van der Waals surface area contributed by atoms with Crippen LogP contribution in [0.4, 0.5) is 5.69 Å². The molecule has 1 aliphatic rings. The SMILES string of the molecule is CCNC(=O)COC(=O)c1cc2c(cc1[N+](=O)[O-])OCO2. The smallest absolute Gasteiger partial charge is 0.345 e. The third kappa shape index (κ3) is 3.19. The molecule has 9 nitrogen and oxygen atoms in total. The van der Waals surface area contributed by atoms with Crippen LogP contribution in [0.5, 0.6) is 11.5 Å². The van der Waals surface area contributed by atoms with Gasteiger partial charge in [-0.15, -0.1) is 0 Å². The Balaban J connectivity index is 2.20. The van der Waals surface area contributed by atoms with E-state index in [1.54, 1.807) is 6.92 Å². The Hall–Kier alpha value is -2.84. The number of nitro groups is 1. The highest BCUT2D eigenvalue weighted by atomic mass is 16.7. The van der Waals surface area contributed by atoms with Gasteiger partial charge in [-0.2, -0.15) is 0 Å². The molecule has 1 heterocycles. The van der Waals surface area contributed by atoms with E-state index < -0.39 is 29.1 Å². The fraction of sp³-hybridized carbons (Fsp3) is 0.333. The minimum absolute atomic E-state index is 0.0795. The Morgan fingerprint density at radius 1 is 1.38 bits per heavy atom. The number of carbonyl (C=O) groups excluding carboxylic acids is 2. The molecule has 1 aromatic carbocycles. The Kier molecular flexibility index (Phi) is 4.21. The first-order valence-electron chi connectivity index (χ1n) is 6.04. The number of nitrogens with one attached hydrogen (secondary N) is 1. The van der Waals surface area contributed by atoms with Crippen LogP contribution in [0.2, 0.25) is 0 Å². The molecule has 0 aromatic heterocycles. The summed E-state index contributed by atoms with van der Waals surface area (Å²) in [5.74, 6) is -1.08. The maximum atomic E-state index is 11.9. The first-order chi connectivity index (χ1) is 10.0. The summed E-state index contributed by atoms with van der Waals surface area (Å²) < 4.78 is 14.8. The molecule has 21 heavy (non-hydrogen) atoms. The highest BCUT2D eigenvalue weighted by Crippen LogP contribution is 2.38. The average molecular weight is 296 g/mol. The third-order valence-electron chi connectivity index (χ3n) is 2.62. The summed E-state index contributed by atoms with van der Waals surface area (Å²) in [6.45, 7) is 1.51. The fourth-order valence-electron chi connectivity index (χ4n) is 1.70. The number of benzene rings is 1. The predicted octanol–water partition coefficient (Wildman–Crippen LogP) is 0.616. The van der Waals surface area contributed by atoms with Crippen molar-refractivity contribution in [1.29, 1.82) is 0 Å². The van der Waals surface area contributed by atoms with Gasteiger partial charge in [-0.3, -0.25) is 14.9 Å². The van der Waals surface area contributed by atoms with E-state index in [0.29, 0.717) is 6.54 Å². The van der Waals surface area contributed by atoms with Gasteiger partial charge in [0.05, 0.1) is 11.0 Å². The summed E-state index contributed by atoms with van der Waals surface area (Å²) in [6, 6.07) is 2.26. The summed E-state index contributed by atoms with van der Waals surface area (Å²) in [5.41, 5.74) is -0.770. The van der Waals surface area contributed by atoms with Crippen LogP contribution in [0.1, 0.15) is 17.3 Å². The van der Waals surface area contributed by atoms with Crippen LogP contribution >= 0.6 is 0 Å². The molecule has 0 fully saturated rings. The van der Waals surface area contributed by atoms with Crippen LogP contribution in [0.25, 0.3) is 0 Å². The lowest BCUT2D eigenvalue weighted by atomic mass is 10.1. The van der Waals surface area contributed by atoms with Gasteiger partial charge in [0, 0.05) is 12.6 Å². The van der Waals surface area contributed by atoms with Crippen LogP contribution in [0.15, 0.2) is 12.1 Å². The number of carbonyl (C=O) groups is 2. The lowest BCUT2D eigenvalue weighted by Crippen LogP contribution is -2.28. The molecule has 0 aliphatic carbocycles. The van der Waals surface area contributed by atoms with Gasteiger partial charge >= 0.3 is 5.97 Å². The average Bonchev–Trinajstić information content (AvgIpc) is 2.90. The van der Waals surface area contributed by atoms with Crippen LogP contribution < -0.4 is 14.8 Å². The summed E-state index contributed by atoms with van der Waals surface area (Å²) in [5, 5.41) is 13.4. The number of likely N-dealkylation sites (N-methyl/N-ethyl adjacent to an activating group) is 1. The molecule has 1 N–H and O–H groups in total. The van der Waals surface area contributed by atoms with Crippen molar-refractivity contribution >= 4 is 17.6 Å². The molecule has 1 aromatic rings. The van der Waals surface area contributed by atoms with Gasteiger partial charge in [-0.1, -0.05) is 0 Å². The van der Waals surface area contributed by atoms with Crippen molar-refractivity contribution in [3.8, 4) is 11.5 Å². The maximum Gasteiger partial charge on any atom is 0.345 e. The maximum absolute atomic E-state index is 11.9. The van der Waals surface area contributed by atoms with Crippen molar-refractivity contribution in [3.05, 3.63) is 27.8 Å². The third-order valence-corrected chi connectivity index (χ3v) is 2.62. The molecule has 0 saturated carbocycles. The summed E-state index contributed by atoms with van der Waals surface area (Å²) in [4.78, 5) is 33.4. The summed E-state index contributed by atoms with van der Waals surface area (Å²) in [6.07, 6.45) is 0. The number of hydrogen-bond acceptors (Lipinski definition) is 7.